The predicted octanol–water partition coefficient (Wildman–Crippen LogP) is 3.61. The summed E-state index contributed by atoms with van der Waals surface area (Å²) in [5, 5.41) is 0.656. The first kappa shape index (κ1) is 11.6. The van der Waals surface area contributed by atoms with E-state index in [1.54, 1.807) is 0 Å². The summed E-state index contributed by atoms with van der Waals surface area (Å²) in [5.74, 6) is 0. The van der Waals surface area contributed by atoms with Crippen molar-refractivity contribution in [3.63, 3.8) is 0 Å². The lowest BCUT2D eigenvalue weighted by molar-refractivity contribution is 0.517. The number of anilines is 2. The number of nitrogens with zero attached hydrogens (tertiary/aromatic N) is 1. The minimum atomic E-state index is 0.226. The van der Waals surface area contributed by atoms with Crippen LogP contribution in [0.5, 0.6) is 0 Å². The van der Waals surface area contributed by atoms with Crippen LogP contribution in [0.1, 0.15) is 32.3 Å². The Hall–Kier alpha value is -0.890. The Morgan fingerprint density at radius 3 is 2.62 bits per heavy atom. The number of rotatable bonds is 1. The van der Waals surface area contributed by atoms with Gasteiger partial charge in [0.1, 0.15) is 0 Å². The Kier molecular flexibility index (Phi) is 2.79. The van der Waals surface area contributed by atoms with Gasteiger partial charge in [-0.05, 0) is 51.3 Å². The molecule has 88 valence electrons. The van der Waals surface area contributed by atoms with Crippen molar-refractivity contribution in [1.82, 2.24) is 0 Å². The zero-order valence-electron chi connectivity index (χ0n) is 10.2. The molecule has 1 aliphatic rings. The van der Waals surface area contributed by atoms with Crippen LogP contribution in [0.25, 0.3) is 0 Å². The van der Waals surface area contributed by atoms with Crippen molar-refractivity contribution in [3.05, 3.63) is 22.7 Å². The average molecular weight is 239 g/mol. The van der Waals surface area contributed by atoms with Crippen LogP contribution in [0, 0.1) is 6.92 Å². The van der Waals surface area contributed by atoms with Crippen molar-refractivity contribution in [1.29, 1.82) is 0 Å². The van der Waals surface area contributed by atoms with Gasteiger partial charge in [-0.1, -0.05) is 11.6 Å². The summed E-state index contributed by atoms with van der Waals surface area (Å²) in [4.78, 5) is 2.44. The zero-order chi connectivity index (χ0) is 11.9. The SMILES string of the molecule is Cc1cc(N)c(Cl)cc1N1CCCC1(C)C. The van der Waals surface area contributed by atoms with Gasteiger partial charge in [-0.15, -0.1) is 0 Å². The fourth-order valence-corrected chi connectivity index (χ4v) is 2.70. The molecule has 1 saturated heterocycles. The molecule has 1 aromatic rings. The van der Waals surface area contributed by atoms with Gasteiger partial charge in [0.2, 0.25) is 0 Å². The monoisotopic (exact) mass is 238 g/mol. The highest BCUT2D eigenvalue weighted by Crippen LogP contribution is 2.38. The summed E-state index contributed by atoms with van der Waals surface area (Å²) in [6, 6.07) is 3.96. The number of aryl methyl sites for hydroxylation is 1. The second-order valence-corrected chi connectivity index (χ2v) is 5.64. The molecule has 3 heteroatoms. The maximum atomic E-state index is 6.11. The van der Waals surface area contributed by atoms with E-state index in [1.807, 2.05) is 12.1 Å². The first-order valence-corrected chi connectivity index (χ1v) is 6.13. The van der Waals surface area contributed by atoms with Gasteiger partial charge < -0.3 is 10.6 Å². The number of halogens is 1. The highest BCUT2D eigenvalue weighted by Gasteiger charge is 2.32. The van der Waals surface area contributed by atoms with Crippen molar-refractivity contribution >= 4 is 23.0 Å². The third kappa shape index (κ3) is 1.86. The number of nitrogens with two attached hydrogens (primary N) is 1. The number of hydrogen-bond donors (Lipinski definition) is 1. The molecule has 1 aliphatic heterocycles. The maximum Gasteiger partial charge on any atom is 0.0656 e. The lowest BCUT2D eigenvalue weighted by Gasteiger charge is -2.35. The molecule has 0 bridgehead atoms. The van der Waals surface area contributed by atoms with Crippen LogP contribution in [0.3, 0.4) is 0 Å². The first-order chi connectivity index (χ1) is 7.42. The summed E-state index contributed by atoms with van der Waals surface area (Å²) in [7, 11) is 0. The molecule has 1 fully saturated rings. The lowest BCUT2D eigenvalue weighted by Crippen LogP contribution is -2.38. The summed E-state index contributed by atoms with van der Waals surface area (Å²) in [6.07, 6.45) is 2.48. The van der Waals surface area contributed by atoms with Crippen molar-refractivity contribution in [2.75, 3.05) is 17.2 Å². The van der Waals surface area contributed by atoms with Crippen molar-refractivity contribution in [3.8, 4) is 0 Å². The molecule has 0 aliphatic carbocycles. The molecule has 1 heterocycles. The topological polar surface area (TPSA) is 29.3 Å². The fraction of sp³-hybridized carbons (Fsp3) is 0.538. The summed E-state index contributed by atoms with van der Waals surface area (Å²) < 4.78 is 0. The van der Waals surface area contributed by atoms with Crippen molar-refractivity contribution in [2.45, 2.75) is 39.2 Å². The van der Waals surface area contributed by atoms with Gasteiger partial charge in [-0.2, -0.15) is 0 Å². The zero-order valence-corrected chi connectivity index (χ0v) is 10.9. The number of nitrogen functional groups attached to an aromatic ring is 1. The van der Waals surface area contributed by atoms with E-state index >= 15 is 0 Å². The third-order valence-corrected chi connectivity index (χ3v) is 3.83. The van der Waals surface area contributed by atoms with Crippen LogP contribution in [0.4, 0.5) is 11.4 Å². The second-order valence-electron chi connectivity index (χ2n) is 5.23. The molecule has 2 N–H and O–H groups in total. The summed E-state index contributed by atoms with van der Waals surface area (Å²) in [5.41, 5.74) is 9.13. The molecule has 16 heavy (non-hydrogen) atoms. The van der Waals surface area contributed by atoms with Crippen molar-refractivity contribution < 1.29 is 0 Å². The molecule has 0 saturated carbocycles. The minimum absolute atomic E-state index is 0.226. The Morgan fingerprint density at radius 1 is 1.38 bits per heavy atom. The highest BCUT2D eigenvalue weighted by atomic mass is 35.5. The second kappa shape index (κ2) is 3.85. The molecule has 0 amide bonds. The van der Waals surface area contributed by atoms with E-state index in [-0.39, 0.29) is 5.54 Å². The summed E-state index contributed by atoms with van der Waals surface area (Å²) in [6.45, 7) is 7.76. The van der Waals surface area contributed by atoms with Crippen LogP contribution in [0.15, 0.2) is 12.1 Å². The van der Waals surface area contributed by atoms with E-state index < -0.39 is 0 Å². The van der Waals surface area contributed by atoms with E-state index in [2.05, 4.69) is 25.7 Å². The Bertz CT molecular complexity index is 413. The van der Waals surface area contributed by atoms with Gasteiger partial charge in [-0.3, -0.25) is 0 Å². The molecule has 0 radical (unpaired) electrons. The van der Waals surface area contributed by atoms with Crippen molar-refractivity contribution in [2.24, 2.45) is 0 Å². The molecule has 1 aromatic carbocycles. The van der Waals surface area contributed by atoms with Gasteiger partial charge in [0.15, 0.2) is 0 Å². The normalized spacial score (nSPS) is 19.1. The Balaban J connectivity index is 2.44. The highest BCUT2D eigenvalue weighted by molar-refractivity contribution is 6.33. The van der Waals surface area contributed by atoms with Crippen LogP contribution in [-0.4, -0.2) is 12.1 Å². The van der Waals surface area contributed by atoms with Crippen LogP contribution >= 0.6 is 11.6 Å². The van der Waals surface area contributed by atoms with Gasteiger partial charge in [-0.25, -0.2) is 0 Å². The van der Waals surface area contributed by atoms with E-state index in [0.717, 1.165) is 6.54 Å². The van der Waals surface area contributed by atoms with Gasteiger partial charge >= 0.3 is 0 Å². The number of benzene rings is 1. The van der Waals surface area contributed by atoms with Gasteiger partial charge in [0, 0.05) is 17.8 Å². The van der Waals surface area contributed by atoms with Gasteiger partial charge in [0.05, 0.1) is 10.7 Å². The summed E-state index contributed by atoms with van der Waals surface area (Å²) >= 11 is 6.11. The molecule has 2 rings (SSSR count). The third-order valence-electron chi connectivity index (χ3n) is 3.51. The molecule has 0 atom stereocenters. The number of hydrogen-bond acceptors (Lipinski definition) is 2. The van der Waals surface area contributed by atoms with E-state index in [1.165, 1.54) is 24.1 Å². The van der Waals surface area contributed by atoms with Crippen LogP contribution in [0.2, 0.25) is 5.02 Å². The molecule has 0 aromatic heterocycles. The largest absolute Gasteiger partial charge is 0.398 e. The van der Waals surface area contributed by atoms with E-state index in [4.69, 9.17) is 17.3 Å². The smallest absolute Gasteiger partial charge is 0.0656 e. The maximum absolute atomic E-state index is 6.11. The van der Waals surface area contributed by atoms with Gasteiger partial charge in [0.25, 0.3) is 0 Å². The standard InChI is InChI=1S/C13H19ClN2/c1-9-7-11(15)10(14)8-12(9)16-6-4-5-13(16,2)3/h7-8H,4-6,15H2,1-3H3. The first-order valence-electron chi connectivity index (χ1n) is 5.75. The molecular formula is C13H19ClN2. The lowest BCUT2D eigenvalue weighted by atomic mass is 10.0. The predicted molar refractivity (Wildman–Crippen MR) is 71.3 cm³/mol. The van der Waals surface area contributed by atoms with E-state index in [0.29, 0.717) is 10.7 Å². The Labute approximate surface area is 102 Å². The van der Waals surface area contributed by atoms with E-state index in [9.17, 15) is 0 Å². The molecular weight excluding hydrogens is 220 g/mol. The fourth-order valence-electron chi connectivity index (χ4n) is 2.54. The average Bonchev–Trinajstić information content (AvgIpc) is 2.52. The molecule has 0 unspecified atom stereocenters. The quantitative estimate of drug-likeness (QED) is 0.758. The minimum Gasteiger partial charge on any atom is -0.398 e. The molecule has 0 spiro atoms. The van der Waals surface area contributed by atoms with Crippen LogP contribution in [-0.2, 0) is 0 Å². The molecule has 2 nitrogen and oxygen atoms in total. The Morgan fingerprint density at radius 2 is 2.06 bits per heavy atom. The van der Waals surface area contributed by atoms with Crippen LogP contribution < -0.4 is 10.6 Å².